The summed E-state index contributed by atoms with van der Waals surface area (Å²) in [6.07, 6.45) is 2.21. The van der Waals surface area contributed by atoms with Crippen molar-refractivity contribution in [3.05, 3.63) is 30.1 Å². The van der Waals surface area contributed by atoms with E-state index in [-0.39, 0.29) is 11.2 Å². The Morgan fingerprint density at radius 3 is 2.60 bits per heavy atom. The first-order valence-corrected chi connectivity index (χ1v) is 5.43. The molecular formula is C12H16ClNO. The predicted molar refractivity (Wildman–Crippen MR) is 62.0 cm³/mol. The number of halogens is 1. The molecule has 15 heavy (non-hydrogen) atoms. The van der Waals surface area contributed by atoms with Crippen molar-refractivity contribution >= 4 is 17.4 Å². The van der Waals surface area contributed by atoms with Crippen molar-refractivity contribution < 1.29 is 4.79 Å². The minimum Gasteiger partial charge on any atom is -0.297 e. The quantitative estimate of drug-likeness (QED) is 0.741. The Kier molecular flexibility index (Phi) is 3.86. The Morgan fingerprint density at radius 2 is 2.13 bits per heavy atom. The number of hydrogen-bond donors (Lipinski definition) is 0. The Labute approximate surface area is 95.7 Å². The lowest BCUT2D eigenvalue weighted by atomic mass is 9.87. The molecule has 1 rings (SSSR count). The van der Waals surface area contributed by atoms with Crippen molar-refractivity contribution in [2.75, 3.05) is 0 Å². The molecule has 0 radical (unpaired) electrons. The molecule has 0 saturated carbocycles. The maximum absolute atomic E-state index is 11.8. The smallest absolute Gasteiger partial charge is 0.156 e. The van der Waals surface area contributed by atoms with Crippen LogP contribution < -0.4 is 0 Å². The van der Waals surface area contributed by atoms with Crippen molar-refractivity contribution in [1.82, 2.24) is 4.98 Å². The predicted octanol–water partition coefficient (Wildman–Crippen LogP) is 2.85. The van der Waals surface area contributed by atoms with Crippen LogP contribution in [0.1, 0.15) is 26.5 Å². The second kappa shape index (κ2) is 4.75. The highest BCUT2D eigenvalue weighted by atomic mass is 35.5. The first-order chi connectivity index (χ1) is 6.91. The first kappa shape index (κ1) is 12.2. The number of carbonyl (C=O) groups excluding carboxylic acids is 1. The molecule has 2 nitrogen and oxygen atoms in total. The summed E-state index contributed by atoms with van der Waals surface area (Å²) in [5.41, 5.74) is 0.469. The number of rotatable bonds is 3. The van der Waals surface area contributed by atoms with E-state index in [4.69, 9.17) is 11.6 Å². The minimum atomic E-state index is -0.486. The number of aromatic nitrogens is 1. The summed E-state index contributed by atoms with van der Waals surface area (Å²) in [4.78, 5) is 16.0. The Morgan fingerprint density at radius 1 is 1.47 bits per heavy atom. The van der Waals surface area contributed by atoms with Crippen molar-refractivity contribution in [3.63, 3.8) is 0 Å². The highest BCUT2D eigenvalue weighted by Gasteiger charge is 2.28. The largest absolute Gasteiger partial charge is 0.297 e. The maximum Gasteiger partial charge on any atom is 0.156 e. The summed E-state index contributed by atoms with van der Waals surface area (Å²) < 4.78 is 0. The number of pyridine rings is 1. The van der Waals surface area contributed by atoms with Gasteiger partial charge in [0.25, 0.3) is 0 Å². The van der Waals surface area contributed by atoms with Crippen molar-refractivity contribution in [3.8, 4) is 0 Å². The number of ketones is 1. The fourth-order valence-corrected chi connectivity index (χ4v) is 1.75. The standard InChI is InChI=1S/C12H16ClNO/c1-12(2,3)11(15)10(13)8-9-6-4-5-7-14-9/h4-7,10H,8H2,1-3H3. The molecule has 0 fully saturated rings. The molecule has 1 aromatic rings. The lowest BCUT2D eigenvalue weighted by Crippen LogP contribution is -2.30. The second-order valence-electron chi connectivity index (χ2n) is 4.61. The number of nitrogens with zero attached hydrogens (tertiary/aromatic N) is 1. The van der Waals surface area contributed by atoms with E-state index in [0.717, 1.165) is 5.69 Å². The van der Waals surface area contributed by atoms with Gasteiger partial charge < -0.3 is 0 Å². The molecule has 0 aromatic carbocycles. The van der Waals surface area contributed by atoms with Crippen LogP contribution in [0.15, 0.2) is 24.4 Å². The lowest BCUT2D eigenvalue weighted by molar-refractivity contribution is -0.125. The molecule has 0 aliphatic rings. The van der Waals surface area contributed by atoms with Gasteiger partial charge in [0, 0.05) is 23.7 Å². The van der Waals surface area contributed by atoms with Crippen LogP contribution in [0.3, 0.4) is 0 Å². The third-order valence-electron chi connectivity index (χ3n) is 2.14. The molecule has 0 spiro atoms. The zero-order chi connectivity index (χ0) is 11.5. The Hall–Kier alpha value is -0.890. The van der Waals surface area contributed by atoms with Crippen LogP contribution in [0, 0.1) is 5.41 Å². The van der Waals surface area contributed by atoms with Crippen molar-refractivity contribution in [2.45, 2.75) is 32.6 Å². The molecule has 0 amide bonds. The van der Waals surface area contributed by atoms with Gasteiger partial charge in [-0.25, -0.2) is 0 Å². The molecule has 1 atom stereocenters. The van der Waals surface area contributed by atoms with Gasteiger partial charge in [-0.3, -0.25) is 9.78 Å². The van der Waals surface area contributed by atoms with E-state index in [2.05, 4.69) is 4.98 Å². The van der Waals surface area contributed by atoms with Crippen LogP contribution in [0.2, 0.25) is 0 Å². The molecule has 82 valence electrons. The summed E-state index contributed by atoms with van der Waals surface area (Å²) in [5, 5.41) is -0.486. The molecule has 1 heterocycles. The van der Waals surface area contributed by atoms with Crippen LogP contribution >= 0.6 is 11.6 Å². The third-order valence-corrected chi connectivity index (χ3v) is 2.49. The van der Waals surface area contributed by atoms with Gasteiger partial charge in [0.05, 0.1) is 5.38 Å². The molecule has 0 bridgehead atoms. The van der Waals surface area contributed by atoms with Crippen LogP contribution in [-0.2, 0) is 11.2 Å². The van der Waals surface area contributed by atoms with E-state index in [9.17, 15) is 4.79 Å². The van der Waals surface area contributed by atoms with E-state index < -0.39 is 5.38 Å². The Bertz CT molecular complexity index is 329. The van der Waals surface area contributed by atoms with Gasteiger partial charge in [-0.1, -0.05) is 26.8 Å². The molecule has 0 saturated heterocycles. The van der Waals surface area contributed by atoms with Crippen LogP contribution in [0.5, 0.6) is 0 Å². The van der Waals surface area contributed by atoms with E-state index in [1.165, 1.54) is 0 Å². The molecule has 0 aliphatic carbocycles. The van der Waals surface area contributed by atoms with E-state index in [0.29, 0.717) is 6.42 Å². The molecule has 1 unspecified atom stereocenters. The van der Waals surface area contributed by atoms with Crippen LogP contribution in [0.25, 0.3) is 0 Å². The zero-order valence-corrected chi connectivity index (χ0v) is 10.1. The highest BCUT2D eigenvalue weighted by Crippen LogP contribution is 2.21. The summed E-state index contributed by atoms with van der Waals surface area (Å²) in [6, 6.07) is 5.62. The summed E-state index contributed by atoms with van der Waals surface area (Å²) in [6.45, 7) is 5.63. The van der Waals surface area contributed by atoms with Gasteiger partial charge >= 0.3 is 0 Å². The van der Waals surface area contributed by atoms with Gasteiger partial charge in [-0.2, -0.15) is 0 Å². The molecule has 1 aromatic heterocycles. The average Bonchev–Trinajstić information content (AvgIpc) is 2.16. The van der Waals surface area contributed by atoms with E-state index in [1.54, 1.807) is 6.20 Å². The monoisotopic (exact) mass is 225 g/mol. The summed E-state index contributed by atoms with van der Waals surface area (Å²) in [5.74, 6) is 0.0646. The number of Topliss-reactive ketones (excluding diaryl/α,β-unsaturated/α-hetero) is 1. The zero-order valence-electron chi connectivity index (χ0n) is 9.33. The second-order valence-corrected chi connectivity index (χ2v) is 5.13. The van der Waals surface area contributed by atoms with Crippen molar-refractivity contribution in [1.29, 1.82) is 0 Å². The van der Waals surface area contributed by atoms with Crippen molar-refractivity contribution in [2.24, 2.45) is 5.41 Å². The summed E-state index contributed by atoms with van der Waals surface area (Å²) >= 11 is 6.06. The van der Waals surface area contributed by atoms with Gasteiger partial charge in [-0.15, -0.1) is 11.6 Å². The van der Waals surface area contributed by atoms with E-state index >= 15 is 0 Å². The lowest BCUT2D eigenvalue weighted by Gasteiger charge is -2.20. The molecular weight excluding hydrogens is 210 g/mol. The molecule has 3 heteroatoms. The van der Waals surface area contributed by atoms with Crippen LogP contribution in [0.4, 0.5) is 0 Å². The number of alkyl halides is 1. The fraction of sp³-hybridized carbons (Fsp3) is 0.500. The van der Waals surface area contributed by atoms with Crippen LogP contribution in [-0.4, -0.2) is 16.1 Å². The SMILES string of the molecule is CC(C)(C)C(=O)C(Cl)Cc1ccccn1. The molecule has 0 aliphatic heterocycles. The average molecular weight is 226 g/mol. The summed E-state index contributed by atoms with van der Waals surface area (Å²) in [7, 11) is 0. The first-order valence-electron chi connectivity index (χ1n) is 4.99. The fourth-order valence-electron chi connectivity index (χ4n) is 1.27. The third kappa shape index (κ3) is 3.63. The topological polar surface area (TPSA) is 30.0 Å². The normalized spacial score (nSPS) is 13.6. The minimum absolute atomic E-state index is 0.0646. The van der Waals surface area contributed by atoms with Gasteiger partial charge in [-0.05, 0) is 12.1 Å². The van der Waals surface area contributed by atoms with Gasteiger partial charge in [0.15, 0.2) is 5.78 Å². The van der Waals surface area contributed by atoms with E-state index in [1.807, 2.05) is 39.0 Å². The Balaban J connectivity index is 2.65. The maximum atomic E-state index is 11.8. The highest BCUT2D eigenvalue weighted by molar-refractivity contribution is 6.31. The van der Waals surface area contributed by atoms with Gasteiger partial charge in [0.2, 0.25) is 0 Å². The number of carbonyl (C=O) groups is 1. The number of hydrogen-bond acceptors (Lipinski definition) is 2. The molecule has 0 N–H and O–H groups in total. The van der Waals surface area contributed by atoms with Gasteiger partial charge in [0.1, 0.15) is 0 Å².